The van der Waals surface area contributed by atoms with Crippen molar-refractivity contribution in [3.8, 4) is 16.9 Å². The van der Waals surface area contributed by atoms with Gasteiger partial charge in [0.15, 0.2) is 0 Å². The second kappa shape index (κ2) is 13.9. The number of aromatic nitrogens is 1. The summed E-state index contributed by atoms with van der Waals surface area (Å²) in [4.78, 5) is 19.0. The van der Waals surface area contributed by atoms with E-state index in [1.807, 2.05) is 24.4 Å². The molecule has 3 aromatic carbocycles. The monoisotopic (exact) mass is 518 g/mol. The van der Waals surface area contributed by atoms with Gasteiger partial charge in [0.1, 0.15) is 11.5 Å². The highest BCUT2D eigenvalue weighted by Gasteiger charge is 2.13. The van der Waals surface area contributed by atoms with Gasteiger partial charge in [-0.05, 0) is 84.8 Å². The highest BCUT2D eigenvalue weighted by molar-refractivity contribution is 5.78. The maximum Gasteiger partial charge on any atom is 0.133 e. The van der Waals surface area contributed by atoms with Crippen molar-refractivity contribution in [1.82, 2.24) is 9.88 Å². The molecule has 0 atom stereocenters. The molecule has 1 aliphatic rings. The van der Waals surface area contributed by atoms with Crippen LogP contribution in [0.15, 0.2) is 97.3 Å². The Morgan fingerprint density at radius 1 is 0.744 bits per heavy atom. The van der Waals surface area contributed by atoms with Crippen LogP contribution in [-0.2, 0) is 30.6 Å². The summed E-state index contributed by atoms with van der Waals surface area (Å²) in [5.74, 6) is 1.23. The zero-order valence-electron chi connectivity index (χ0n) is 22.7. The molecule has 1 aromatic heterocycles. The van der Waals surface area contributed by atoms with E-state index < -0.39 is 0 Å². The largest absolute Gasteiger partial charge is 0.493 e. The van der Waals surface area contributed by atoms with Crippen LogP contribution in [0.25, 0.3) is 11.1 Å². The first kappa shape index (κ1) is 26.8. The van der Waals surface area contributed by atoms with Crippen LogP contribution in [-0.4, -0.2) is 35.4 Å². The number of para-hydroxylation sites is 1. The fourth-order valence-electron chi connectivity index (χ4n) is 5.26. The summed E-state index contributed by atoms with van der Waals surface area (Å²) in [5.41, 5.74) is 7.27. The molecule has 1 fully saturated rings. The lowest BCUT2D eigenvalue weighted by molar-refractivity contribution is -0.119. The van der Waals surface area contributed by atoms with Crippen LogP contribution in [0, 0.1) is 0 Å². The van der Waals surface area contributed by atoms with Crippen molar-refractivity contribution in [3.05, 3.63) is 120 Å². The van der Waals surface area contributed by atoms with Gasteiger partial charge >= 0.3 is 0 Å². The molecule has 1 saturated heterocycles. The van der Waals surface area contributed by atoms with Crippen LogP contribution < -0.4 is 4.74 Å². The summed E-state index contributed by atoms with van der Waals surface area (Å²) in [7, 11) is 0. The van der Waals surface area contributed by atoms with Crippen LogP contribution in [0.5, 0.6) is 5.75 Å². The fraction of sp³-hybridized carbons (Fsp3) is 0.314. The maximum absolute atomic E-state index is 12.3. The number of carbonyl (C=O) groups is 1. The fourth-order valence-corrected chi connectivity index (χ4v) is 5.26. The molecule has 0 saturated carbocycles. The summed E-state index contributed by atoms with van der Waals surface area (Å²) in [5, 5.41) is 0. The van der Waals surface area contributed by atoms with Crippen molar-refractivity contribution in [2.45, 2.75) is 51.5 Å². The third-order valence-electron chi connectivity index (χ3n) is 7.51. The zero-order valence-corrected chi connectivity index (χ0v) is 22.7. The number of ketones is 1. The van der Waals surface area contributed by atoms with Gasteiger partial charge in [-0.2, -0.15) is 0 Å². The highest BCUT2D eigenvalue weighted by atomic mass is 16.5. The lowest BCUT2D eigenvalue weighted by atomic mass is 10.0. The molecule has 0 N–H and O–H groups in total. The van der Waals surface area contributed by atoms with Gasteiger partial charge in [-0.1, -0.05) is 66.7 Å². The summed E-state index contributed by atoms with van der Waals surface area (Å²) in [6.45, 7) is 4.05. The van der Waals surface area contributed by atoms with Crippen LogP contribution in [0.2, 0.25) is 0 Å². The Bertz CT molecular complexity index is 1330. The van der Waals surface area contributed by atoms with Gasteiger partial charge in [-0.25, -0.2) is 0 Å². The number of pyridine rings is 1. The van der Waals surface area contributed by atoms with Gasteiger partial charge in [-0.3, -0.25) is 14.7 Å². The average molecular weight is 519 g/mol. The molecule has 0 unspecified atom stereocenters. The third kappa shape index (κ3) is 8.11. The lowest BCUT2D eigenvalue weighted by Crippen LogP contribution is -2.18. The first-order valence-electron chi connectivity index (χ1n) is 14.2. The average Bonchev–Trinajstić information content (AvgIpc) is 3.50. The maximum atomic E-state index is 12.3. The van der Waals surface area contributed by atoms with Gasteiger partial charge in [0.2, 0.25) is 0 Å². The van der Waals surface area contributed by atoms with Gasteiger partial charge in [0, 0.05) is 43.8 Å². The van der Waals surface area contributed by atoms with Crippen molar-refractivity contribution in [2.75, 3.05) is 19.7 Å². The number of carbonyl (C=O) groups excluding carboxylic acids is 1. The molecule has 4 aromatic rings. The van der Waals surface area contributed by atoms with E-state index in [9.17, 15) is 4.79 Å². The second-order valence-electron chi connectivity index (χ2n) is 10.5. The van der Waals surface area contributed by atoms with E-state index in [1.165, 1.54) is 48.2 Å². The molecule has 0 spiro atoms. The molecule has 39 heavy (non-hydrogen) atoms. The number of likely N-dealkylation sites (tertiary alicyclic amines) is 1. The number of benzene rings is 3. The van der Waals surface area contributed by atoms with Crippen LogP contribution in [0.1, 0.15) is 47.9 Å². The van der Waals surface area contributed by atoms with E-state index in [2.05, 4.69) is 76.6 Å². The Morgan fingerprint density at radius 3 is 2.23 bits per heavy atom. The number of Topliss-reactive ketones (excluding diaryl/α,β-unsaturated/α-hetero) is 1. The standard InChI is InChI=1S/C35H38N2O2/c38-33(19-17-30-8-6-21-36-26-30)18-16-28-12-14-29(15-13-28)20-24-39-35-11-2-1-10-34(35)32-9-5-7-31(25-32)27-37-22-3-4-23-37/h1-2,5-15,21,25-26H,3-4,16-20,22-24,27H2. The first-order valence-corrected chi connectivity index (χ1v) is 14.2. The Balaban J connectivity index is 1.09. The van der Waals surface area contributed by atoms with E-state index in [0.29, 0.717) is 25.2 Å². The van der Waals surface area contributed by atoms with E-state index in [0.717, 1.165) is 42.7 Å². The summed E-state index contributed by atoms with van der Waals surface area (Å²) in [6, 6.07) is 29.8. The number of hydrogen-bond donors (Lipinski definition) is 0. The van der Waals surface area contributed by atoms with Crippen molar-refractivity contribution in [2.24, 2.45) is 0 Å². The summed E-state index contributed by atoms with van der Waals surface area (Å²) < 4.78 is 6.28. The smallest absolute Gasteiger partial charge is 0.133 e. The quantitative estimate of drug-likeness (QED) is 0.189. The molecule has 5 rings (SSSR count). The molecule has 4 nitrogen and oxygen atoms in total. The summed E-state index contributed by atoms with van der Waals surface area (Å²) in [6.07, 6.45) is 9.76. The van der Waals surface area contributed by atoms with Gasteiger partial charge in [0.25, 0.3) is 0 Å². The SMILES string of the molecule is O=C(CCc1ccc(CCOc2ccccc2-c2cccc(CN3CCCC3)c2)cc1)CCc1cccnc1. The number of aryl methyl sites for hydroxylation is 2. The predicted molar refractivity (Wildman–Crippen MR) is 158 cm³/mol. The molecule has 0 radical (unpaired) electrons. The number of hydrogen-bond acceptors (Lipinski definition) is 4. The third-order valence-corrected chi connectivity index (χ3v) is 7.51. The Morgan fingerprint density at radius 2 is 1.46 bits per heavy atom. The molecular formula is C35H38N2O2. The minimum absolute atomic E-state index is 0.302. The number of nitrogens with zero attached hydrogens (tertiary/aromatic N) is 2. The van der Waals surface area contributed by atoms with E-state index in [1.54, 1.807) is 6.20 Å². The molecule has 2 heterocycles. The Labute approximate surface area is 232 Å². The normalized spacial score (nSPS) is 13.4. The van der Waals surface area contributed by atoms with Crippen LogP contribution >= 0.6 is 0 Å². The molecule has 0 aliphatic carbocycles. The predicted octanol–water partition coefficient (Wildman–Crippen LogP) is 7.10. The lowest BCUT2D eigenvalue weighted by Gasteiger charge is -2.16. The highest BCUT2D eigenvalue weighted by Crippen LogP contribution is 2.31. The van der Waals surface area contributed by atoms with Crippen molar-refractivity contribution in [3.63, 3.8) is 0 Å². The molecular weight excluding hydrogens is 480 g/mol. The van der Waals surface area contributed by atoms with Crippen LogP contribution in [0.3, 0.4) is 0 Å². The Kier molecular flexibility index (Phi) is 9.54. The van der Waals surface area contributed by atoms with E-state index >= 15 is 0 Å². The minimum Gasteiger partial charge on any atom is -0.493 e. The van der Waals surface area contributed by atoms with E-state index in [-0.39, 0.29) is 0 Å². The molecule has 0 amide bonds. The van der Waals surface area contributed by atoms with Gasteiger partial charge in [-0.15, -0.1) is 0 Å². The molecule has 1 aliphatic heterocycles. The van der Waals surface area contributed by atoms with Gasteiger partial charge < -0.3 is 4.74 Å². The summed E-state index contributed by atoms with van der Waals surface area (Å²) >= 11 is 0. The molecule has 200 valence electrons. The van der Waals surface area contributed by atoms with Crippen LogP contribution in [0.4, 0.5) is 0 Å². The van der Waals surface area contributed by atoms with E-state index in [4.69, 9.17) is 4.74 Å². The minimum atomic E-state index is 0.302. The van der Waals surface area contributed by atoms with Crippen molar-refractivity contribution < 1.29 is 9.53 Å². The number of rotatable bonds is 13. The number of ether oxygens (including phenoxy) is 1. The second-order valence-corrected chi connectivity index (χ2v) is 10.5. The Hall–Kier alpha value is -3.76. The zero-order chi connectivity index (χ0) is 26.7. The molecule has 4 heteroatoms. The van der Waals surface area contributed by atoms with Crippen molar-refractivity contribution in [1.29, 1.82) is 0 Å². The van der Waals surface area contributed by atoms with Crippen molar-refractivity contribution >= 4 is 5.78 Å². The van der Waals surface area contributed by atoms with Gasteiger partial charge in [0.05, 0.1) is 6.61 Å². The first-order chi connectivity index (χ1) is 19.2. The topological polar surface area (TPSA) is 42.4 Å². The molecule has 0 bridgehead atoms.